The number of hydrogen-bond acceptors (Lipinski definition) is 3. The first-order chi connectivity index (χ1) is 17.3. The fraction of sp³-hybridized carbons (Fsp3) is 0.0690. The molecule has 0 aliphatic carbocycles. The number of imidazole rings is 1. The van der Waals surface area contributed by atoms with Crippen LogP contribution in [0.3, 0.4) is 0 Å². The molecule has 0 unspecified atom stereocenters. The van der Waals surface area contributed by atoms with Crippen molar-refractivity contribution in [2.45, 2.75) is 13.8 Å². The van der Waals surface area contributed by atoms with Crippen molar-refractivity contribution in [3.8, 4) is 39.6 Å². The minimum atomic E-state index is -0.405. The number of benzene rings is 4. The summed E-state index contributed by atoms with van der Waals surface area (Å²) in [5, 5.41) is 12.5. The summed E-state index contributed by atoms with van der Waals surface area (Å²) >= 11 is 12.4. The van der Waals surface area contributed by atoms with E-state index < -0.39 is 4.92 Å². The fourth-order valence-electron chi connectivity index (χ4n) is 4.15. The molecule has 7 heteroatoms. The second kappa shape index (κ2) is 9.61. The molecular weight excluding hydrogens is 493 g/mol. The van der Waals surface area contributed by atoms with Crippen LogP contribution in [0.25, 0.3) is 39.6 Å². The van der Waals surface area contributed by atoms with E-state index in [0.29, 0.717) is 15.9 Å². The van der Waals surface area contributed by atoms with Gasteiger partial charge in [0.2, 0.25) is 0 Å². The second-order valence-electron chi connectivity index (χ2n) is 8.55. The molecule has 0 bridgehead atoms. The maximum Gasteiger partial charge on any atom is 0.269 e. The summed E-state index contributed by atoms with van der Waals surface area (Å²) in [6.45, 7) is 4.15. The Morgan fingerprint density at radius 2 is 1.28 bits per heavy atom. The Bertz CT molecular complexity index is 1570. The molecule has 4 aromatic carbocycles. The first kappa shape index (κ1) is 23.8. The Kier molecular flexibility index (Phi) is 6.35. The van der Waals surface area contributed by atoms with Crippen molar-refractivity contribution in [3.05, 3.63) is 122 Å². The lowest BCUT2D eigenvalue weighted by molar-refractivity contribution is -0.384. The molecule has 5 aromatic rings. The summed E-state index contributed by atoms with van der Waals surface area (Å²) < 4.78 is 2.10. The molecule has 0 amide bonds. The van der Waals surface area contributed by atoms with Crippen LogP contribution in [0, 0.1) is 24.0 Å². The van der Waals surface area contributed by atoms with E-state index in [-0.39, 0.29) is 5.69 Å². The SMILES string of the molecule is Cc1ccc(-n2c(-c3ccc([N+](=O)[O-])cc3)nc(-c3ccc(Cl)cc3)c2-c2ccc(Cl)cc2)cc1C. The van der Waals surface area contributed by atoms with Crippen LogP contribution in [-0.2, 0) is 0 Å². The molecule has 1 aromatic heterocycles. The monoisotopic (exact) mass is 513 g/mol. The Labute approximate surface area is 218 Å². The van der Waals surface area contributed by atoms with Gasteiger partial charge in [-0.25, -0.2) is 4.98 Å². The van der Waals surface area contributed by atoms with Gasteiger partial charge in [0.25, 0.3) is 5.69 Å². The molecule has 5 nitrogen and oxygen atoms in total. The molecule has 0 saturated heterocycles. The molecule has 0 saturated carbocycles. The van der Waals surface area contributed by atoms with Gasteiger partial charge in [-0.05, 0) is 73.5 Å². The number of hydrogen-bond donors (Lipinski definition) is 0. The highest BCUT2D eigenvalue weighted by Crippen LogP contribution is 2.39. The molecule has 0 radical (unpaired) electrons. The number of nitro benzene ring substituents is 1. The Hall–Kier alpha value is -3.93. The average molecular weight is 514 g/mol. The number of aryl methyl sites for hydroxylation is 2. The summed E-state index contributed by atoms with van der Waals surface area (Å²) in [6.07, 6.45) is 0. The van der Waals surface area contributed by atoms with Crippen LogP contribution in [0.4, 0.5) is 5.69 Å². The van der Waals surface area contributed by atoms with Crippen LogP contribution in [0.15, 0.2) is 91.0 Å². The largest absolute Gasteiger partial charge is 0.292 e. The molecule has 178 valence electrons. The minimum absolute atomic E-state index is 0.0267. The molecule has 1 heterocycles. The average Bonchev–Trinajstić information content (AvgIpc) is 3.27. The van der Waals surface area contributed by atoms with Crippen molar-refractivity contribution in [2.24, 2.45) is 0 Å². The molecule has 0 spiro atoms. The standard InChI is InChI=1S/C29H21Cl2N3O2/c1-18-3-14-26(17-19(18)2)33-28(21-6-12-24(31)13-7-21)27(20-4-10-23(30)11-5-20)32-29(33)22-8-15-25(16-9-22)34(35)36/h3-17H,1-2H3. The van der Waals surface area contributed by atoms with E-state index in [1.807, 2.05) is 48.5 Å². The highest BCUT2D eigenvalue weighted by molar-refractivity contribution is 6.31. The maximum absolute atomic E-state index is 11.3. The normalized spacial score (nSPS) is 11.0. The first-order valence-electron chi connectivity index (χ1n) is 11.3. The molecule has 0 fully saturated rings. The first-order valence-corrected chi connectivity index (χ1v) is 12.0. The number of aromatic nitrogens is 2. The van der Waals surface area contributed by atoms with Crippen LogP contribution in [0.5, 0.6) is 0 Å². The van der Waals surface area contributed by atoms with Gasteiger partial charge in [0.15, 0.2) is 0 Å². The zero-order valence-electron chi connectivity index (χ0n) is 19.6. The van der Waals surface area contributed by atoms with E-state index in [1.54, 1.807) is 12.1 Å². The van der Waals surface area contributed by atoms with E-state index in [2.05, 4.69) is 36.6 Å². The maximum atomic E-state index is 11.3. The zero-order chi connectivity index (χ0) is 25.4. The van der Waals surface area contributed by atoms with E-state index in [0.717, 1.165) is 39.3 Å². The Balaban J connectivity index is 1.86. The number of nitrogens with zero attached hydrogens (tertiary/aromatic N) is 3. The van der Waals surface area contributed by atoms with Gasteiger partial charge in [-0.2, -0.15) is 0 Å². The van der Waals surface area contributed by atoms with Crippen molar-refractivity contribution >= 4 is 28.9 Å². The summed E-state index contributed by atoms with van der Waals surface area (Å²) in [7, 11) is 0. The van der Waals surface area contributed by atoms with E-state index in [1.165, 1.54) is 17.7 Å². The van der Waals surface area contributed by atoms with Crippen molar-refractivity contribution < 1.29 is 4.92 Å². The Morgan fingerprint density at radius 1 is 0.722 bits per heavy atom. The molecule has 36 heavy (non-hydrogen) atoms. The molecule has 0 aliphatic heterocycles. The third kappa shape index (κ3) is 4.51. The second-order valence-corrected chi connectivity index (χ2v) is 9.43. The Morgan fingerprint density at radius 3 is 1.83 bits per heavy atom. The lowest BCUT2D eigenvalue weighted by Crippen LogP contribution is -2.01. The van der Waals surface area contributed by atoms with Crippen LogP contribution in [-0.4, -0.2) is 14.5 Å². The smallest absolute Gasteiger partial charge is 0.269 e. The lowest BCUT2D eigenvalue weighted by atomic mass is 10.0. The molecule has 0 atom stereocenters. The fourth-order valence-corrected chi connectivity index (χ4v) is 4.40. The minimum Gasteiger partial charge on any atom is -0.292 e. The third-order valence-electron chi connectivity index (χ3n) is 6.20. The van der Waals surface area contributed by atoms with Gasteiger partial charge in [0.1, 0.15) is 5.82 Å². The van der Waals surface area contributed by atoms with Gasteiger partial charge in [-0.3, -0.25) is 14.7 Å². The van der Waals surface area contributed by atoms with E-state index >= 15 is 0 Å². The highest BCUT2D eigenvalue weighted by atomic mass is 35.5. The van der Waals surface area contributed by atoms with Crippen molar-refractivity contribution in [1.82, 2.24) is 9.55 Å². The van der Waals surface area contributed by atoms with E-state index in [9.17, 15) is 10.1 Å². The van der Waals surface area contributed by atoms with Gasteiger partial charge >= 0.3 is 0 Å². The van der Waals surface area contributed by atoms with Crippen LogP contribution >= 0.6 is 23.2 Å². The quantitative estimate of drug-likeness (QED) is 0.174. The predicted octanol–water partition coefficient (Wildman–Crippen LogP) is 8.71. The molecule has 0 N–H and O–H groups in total. The molecule has 5 rings (SSSR count). The van der Waals surface area contributed by atoms with Crippen molar-refractivity contribution in [1.29, 1.82) is 0 Å². The number of rotatable bonds is 5. The molecular formula is C29H21Cl2N3O2. The van der Waals surface area contributed by atoms with Gasteiger partial charge in [0, 0.05) is 44.6 Å². The number of non-ortho nitro benzene ring substituents is 1. The van der Waals surface area contributed by atoms with Crippen molar-refractivity contribution in [3.63, 3.8) is 0 Å². The van der Waals surface area contributed by atoms with Crippen LogP contribution < -0.4 is 0 Å². The van der Waals surface area contributed by atoms with Gasteiger partial charge in [-0.15, -0.1) is 0 Å². The van der Waals surface area contributed by atoms with Gasteiger partial charge < -0.3 is 0 Å². The topological polar surface area (TPSA) is 61.0 Å². The summed E-state index contributed by atoms with van der Waals surface area (Å²) in [4.78, 5) is 15.9. The van der Waals surface area contributed by atoms with Crippen LogP contribution in [0.1, 0.15) is 11.1 Å². The summed E-state index contributed by atoms with van der Waals surface area (Å²) in [5.74, 6) is 0.669. The zero-order valence-corrected chi connectivity index (χ0v) is 21.1. The predicted molar refractivity (Wildman–Crippen MR) is 146 cm³/mol. The van der Waals surface area contributed by atoms with Crippen molar-refractivity contribution in [2.75, 3.05) is 0 Å². The number of nitro groups is 1. The van der Waals surface area contributed by atoms with Gasteiger partial charge in [-0.1, -0.05) is 53.5 Å². The van der Waals surface area contributed by atoms with Crippen LogP contribution in [0.2, 0.25) is 10.0 Å². The van der Waals surface area contributed by atoms with E-state index in [4.69, 9.17) is 28.2 Å². The lowest BCUT2D eigenvalue weighted by Gasteiger charge is -2.15. The number of halogens is 2. The summed E-state index contributed by atoms with van der Waals surface area (Å²) in [5.41, 5.74) is 7.52. The third-order valence-corrected chi connectivity index (χ3v) is 6.70. The van der Waals surface area contributed by atoms with Gasteiger partial charge in [0.05, 0.1) is 16.3 Å². The molecule has 0 aliphatic rings. The highest BCUT2D eigenvalue weighted by Gasteiger charge is 2.23. The summed E-state index contributed by atoms with van der Waals surface area (Å²) in [6, 6.07) is 27.9.